The summed E-state index contributed by atoms with van der Waals surface area (Å²) in [5.74, 6) is -1.23. The van der Waals surface area contributed by atoms with Crippen LogP contribution in [0.4, 0.5) is 0 Å². The number of nitrogens with one attached hydrogen (secondary N) is 3. The molecule has 11 heteroatoms. The first-order valence-electron chi connectivity index (χ1n) is 13.8. The molecule has 3 aliphatic heterocycles. The second-order valence-corrected chi connectivity index (χ2v) is 11.4. The molecule has 216 valence electrons. The number of fused-ring (bicyclic) bond motifs is 12. The third-order valence-electron chi connectivity index (χ3n) is 7.10. The zero-order valence-corrected chi connectivity index (χ0v) is 23.2. The van der Waals surface area contributed by atoms with E-state index < -0.39 is 41.4 Å². The van der Waals surface area contributed by atoms with Crippen molar-refractivity contribution in [2.24, 2.45) is 5.73 Å². The molecule has 0 aliphatic carbocycles. The molecule has 1 fully saturated rings. The van der Waals surface area contributed by atoms with E-state index in [1.54, 1.807) is 17.0 Å². The van der Waals surface area contributed by atoms with Crippen molar-refractivity contribution in [1.29, 1.82) is 0 Å². The summed E-state index contributed by atoms with van der Waals surface area (Å²) < 4.78 is 5.71. The Labute approximate surface area is 230 Å². The van der Waals surface area contributed by atoms with E-state index in [-0.39, 0.29) is 37.8 Å². The first-order chi connectivity index (χ1) is 18.4. The molecule has 3 aliphatic rings. The Bertz CT molecular complexity index is 1000. The van der Waals surface area contributed by atoms with Crippen LogP contribution in [0.3, 0.4) is 0 Å². The number of aliphatic hydroxyl groups is 1. The van der Waals surface area contributed by atoms with E-state index >= 15 is 0 Å². The maximum atomic E-state index is 13.5. The number of benzene rings is 1. The van der Waals surface area contributed by atoms with Crippen LogP contribution in [-0.4, -0.2) is 83.1 Å². The Kier molecular flexibility index (Phi) is 10.7. The molecule has 0 spiro atoms. The zero-order valence-electron chi connectivity index (χ0n) is 23.2. The monoisotopic (exact) mass is 545 g/mol. The summed E-state index contributed by atoms with van der Waals surface area (Å²) >= 11 is 0. The normalized spacial score (nSPS) is 23.8. The second-order valence-electron chi connectivity index (χ2n) is 11.4. The van der Waals surface area contributed by atoms with Crippen molar-refractivity contribution in [3.8, 4) is 5.75 Å². The number of nitrogens with two attached hydrogens (primary N) is 1. The minimum atomic E-state index is -1.19. The SMILES string of the molecule is CC(C)(C)N(CC(O)C1Cc2ccc(cc2)OCCCC(=O)NC(CC(N)=O)C(=O)N1)C(=O)C1CCCCN1. The van der Waals surface area contributed by atoms with E-state index in [2.05, 4.69) is 16.0 Å². The lowest BCUT2D eigenvalue weighted by molar-refractivity contribution is -0.141. The quantitative estimate of drug-likeness (QED) is 0.345. The molecule has 4 amide bonds. The molecule has 0 aromatic heterocycles. The molecule has 4 unspecified atom stereocenters. The summed E-state index contributed by atoms with van der Waals surface area (Å²) in [5, 5.41) is 20.2. The smallest absolute Gasteiger partial charge is 0.243 e. The topological polar surface area (TPSA) is 163 Å². The van der Waals surface area contributed by atoms with Gasteiger partial charge in [0.25, 0.3) is 0 Å². The fourth-order valence-electron chi connectivity index (χ4n) is 4.90. The van der Waals surface area contributed by atoms with Gasteiger partial charge in [0, 0.05) is 18.5 Å². The van der Waals surface area contributed by atoms with Crippen molar-refractivity contribution in [3.05, 3.63) is 29.8 Å². The lowest BCUT2D eigenvalue weighted by Crippen LogP contribution is -2.60. The fraction of sp³-hybridized carbons (Fsp3) is 0.643. The first-order valence-corrected chi connectivity index (χ1v) is 13.8. The predicted molar refractivity (Wildman–Crippen MR) is 146 cm³/mol. The number of carbonyl (C=O) groups is 4. The standard InChI is InChI=1S/C28H43N5O6/c1-28(2,3)33(27(38)20-7-4-5-13-30-20)17-23(34)21-15-18-9-11-19(12-10-18)39-14-6-8-25(36)31-22(16-24(29)35)26(37)32-21/h9-12,20-23,30,34H,4-8,13-17H2,1-3H3,(H2,29,35)(H,31,36)(H,32,37). The highest BCUT2D eigenvalue weighted by Gasteiger charge is 2.36. The molecule has 2 bridgehead atoms. The molecule has 0 saturated carbocycles. The molecule has 6 N–H and O–H groups in total. The van der Waals surface area contributed by atoms with Crippen molar-refractivity contribution >= 4 is 23.6 Å². The Morgan fingerprint density at radius 2 is 1.85 bits per heavy atom. The summed E-state index contributed by atoms with van der Waals surface area (Å²) in [6.07, 6.45) is 1.94. The molecule has 1 saturated heterocycles. The van der Waals surface area contributed by atoms with Gasteiger partial charge in [-0.15, -0.1) is 0 Å². The number of primary amides is 1. The summed E-state index contributed by atoms with van der Waals surface area (Å²) in [7, 11) is 0. The number of nitrogens with zero attached hydrogens (tertiary/aromatic N) is 1. The summed E-state index contributed by atoms with van der Waals surface area (Å²) in [6.45, 7) is 6.79. The van der Waals surface area contributed by atoms with Crippen LogP contribution in [0.2, 0.25) is 0 Å². The minimum absolute atomic E-state index is 0.0144. The Morgan fingerprint density at radius 1 is 1.13 bits per heavy atom. The number of hydrogen-bond acceptors (Lipinski definition) is 7. The van der Waals surface area contributed by atoms with E-state index in [0.29, 0.717) is 18.8 Å². The predicted octanol–water partition coefficient (Wildman–Crippen LogP) is 0.377. The van der Waals surface area contributed by atoms with Crippen LogP contribution < -0.4 is 26.4 Å². The summed E-state index contributed by atoms with van der Waals surface area (Å²) in [6, 6.07) is 4.97. The first kappa shape index (κ1) is 30.4. The van der Waals surface area contributed by atoms with E-state index in [1.807, 2.05) is 32.9 Å². The van der Waals surface area contributed by atoms with E-state index in [4.69, 9.17) is 10.5 Å². The number of hydrogen-bond donors (Lipinski definition) is 5. The van der Waals surface area contributed by atoms with Gasteiger partial charge in [-0.2, -0.15) is 0 Å². The van der Waals surface area contributed by atoms with Crippen LogP contribution in [0, 0.1) is 0 Å². The van der Waals surface area contributed by atoms with Crippen LogP contribution in [-0.2, 0) is 25.6 Å². The van der Waals surface area contributed by atoms with Crippen LogP contribution in [0.5, 0.6) is 5.75 Å². The molecule has 4 rings (SSSR count). The van der Waals surface area contributed by atoms with Crippen LogP contribution in [0.15, 0.2) is 24.3 Å². The Balaban J connectivity index is 1.87. The maximum Gasteiger partial charge on any atom is 0.243 e. The molecule has 1 aromatic carbocycles. The highest BCUT2D eigenvalue weighted by Crippen LogP contribution is 2.21. The van der Waals surface area contributed by atoms with Crippen molar-refractivity contribution in [3.63, 3.8) is 0 Å². The van der Waals surface area contributed by atoms with Gasteiger partial charge in [-0.3, -0.25) is 19.2 Å². The average Bonchev–Trinajstić information content (AvgIpc) is 2.89. The van der Waals surface area contributed by atoms with E-state index in [0.717, 1.165) is 31.4 Å². The van der Waals surface area contributed by atoms with Gasteiger partial charge >= 0.3 is 0 Å². The number of ether oxygens (including phenoxy) is 1. The van der Waals surface area contributed by atoms with Crippen LogP contribution in [0.1, 0.15) is 64.9 Å². The summed E-state index contributed by atoms with van der Waals surface area (Å²) in [5.41, 5.74) is 5.61. The van der Waals surface area contributed by atoms with Gasteiger partial charge < -0.3 is 36.4 Å². The number of aliphatic hydroxyl groups excluding tert-OH is 1. The fourth-order valence-corrected chi connectivity index (χ4v) is 4.90. The van der Waals surface area contributed by atoms with Gasteiger partial charge in [-0.1, -0.05) is 18.6 Å². The largest absolute Gasteiger partial charge is 0.494 e. The van der Waals surface area contributed by atoms with Crippen molar-refractivity contribution in [1.82, 2.24) is 20.9 Å². The molecule has 0 radical (unpaired) electrons. The summed E-state index contributed by atoms with van der Waals surface area (Å²) in [4.78, 5) is 52.6. The molecule has 3 heterocycles. The minimum Gasteiger partial charge on any atom is -0.494 e. The third kappa shape index (κ3) is 9.21. The molecular weight excluding hydrogens is 502 g/mol. The van der Waals surface area contributed by atoms with Gasteiger partial charge in [-0.05, 0) is 70.7 Å². The number of β-amino-alcohol motifs (C(OH)–C–C–N with tert-alkyl or cyclic N) is 1. The van der Waals surface area contributed by atoms with Crippen LogP contribution in [0.25, 0.3) is 0 Å². The lowest BCUT2D eigenvalue weighted by Gasteiger charge is -2.41. The second kappa shape index (κ2) is 13.7. The van der Waals surface area contributed by atoms with Gasteiger partial charge in [0.05, 0.1) is 31.2 Å². The number of amides is 4. The Morgan fingerprint density at radius 3 is 2.46 bits per heavy atom. The average molecular weight is 546 g/mol. The van der Waals surface area contributed by atoms with Gasteiger partial charge in [0.2, 0.25) is 23.6 Å². The van der Waals surface area contributed by atoms with Crippen molar-refractivity contribution in [2.75, 3.05) is 19.7 Å². The molecule has 4 atom stereocenters. The lowest BCUT2D eigenvalue weighted by atomic mass is 9.96. The highest BCUT2D eigenvalue weighted by molar-refractivity contribution is 5.91. The van der Waals surface area contributed by atoms with Gasteiger partial charge in [-0.25, -0.2) is 0 Å². The van der Waals surface area contributed by atoms with Gasteiger partial charge in [0.15, 0.2) is 0 Å². The van der Waals surface area contributed by atoms with E-state index in [9.17, 15) is 24.3 Å². The van der Waals surface area contributed by atoms with Gasteiger partial charge in [0.1, 0.15) is 11.8 Å². The molecule has 11 nitrogen and oxygen atoms in total. The maximum absolute atomic E-state index is 13.5. The van der Waals surface area contributed by atoms with Crippen LogP contribution >= 0.6 is 0 Å². The number of carbonyl (C=O) groups excluding carboxylic acids is 4. The number of piperidine rings is 1. The molecular formula is C28H43N5O6. The Hall–Kier alpha value is -3.18. The zero-order chi connectivity index (χ0) is 28.6. The third-order valence-corrected chi connectivity index (χ3v) is 7.10. The number of rotatable bonds is 6. The van der Waals surface area contributed by atoms with Crippen molar-refractivity contribution in [2.45, 2.75) is 95.5 Å². The highest BCUT2D eigenvalue weighted by atomic mass is 16.5. The molecule has 39 heavy (non-hydrogen) atoms. The molecule has 1 aromatic rings. The van der Waals surface area contributed by atoms with Crippen molar-refractivity contribution < 1.29 is 29.0 Å². The van der Waals surface area contributed by atoms with E-state index in [1.165, 1.54) is 0 Å².